The number of anilines is 3. The van der Waals surface area contributed by atoms with Crippen LogP contribution < -0.4 is 20.0 Å². The number of halogens is 6. The number of benzene rings is 4. The number of allylic oxidation sites excluding steroid dienone is 2. The first-order valence-electron chi connectivity index (χ1n) is 20.5. The Morgan fingerprint density at radius 3 is 2.15 bits per heavy atom. The van der Waals surface area contributed by atoms with Crippen molar-refractivity contribution < 1.29 is 42.2 Å². The van der Waals surface area contributed by atoms with Gasteiger partial charge in [-0.3, -0.25) is 29.5 Å². The quantitative estimate of drug-likeness (QED) is 0.0833. The van der Waals surface area contributed by atoms with Crippen molar-refractivity contribution in [2.45, 2.75) is 30.4 Å². The van der Waals surface area contributed by atoms with Gasteiger partial charge < -0.3 is 14.7 Å². The molecule has 6 atom stereocenters. The average molecular weight is 1000 g/mol. The van der Waals surface area contributed by atoms with Gasteiger partial charge in [-0.2, -0.15) is 28.4 Å². The van der Waals surface area contributed by atoms with E-state index in [0.29, 0.717) is 55.0 Å². The number of alkyl halides is 3. The number of pyridine rings is 1. The average Bonchev–Trinajstić information content (AvgIpc) is 3.67. The fraction of sp³-hybridized carbons (Fsp3) is 0.255. The van der Waals surface area contributed by atoms with Crippen molar-refractivity contribution in [1.29, 1.82) is 0 Å². The van der Waals surface area contributed by atoms with Crippen LogP contribution in [0.3, 0.4) is 0 Å². The van der Waals surface area contributed by atoms with E-state index in [2.05, 4.69) is 36.6 Å². The highest BCUT2D eigenvalue weighted by Gasteiger charge is 2.71. The number of aromatic hydroxyl groups is 1. The fourth-order valence-corrected chi connectivity index (χ4v) is 10.7. The molecule has 5 aromatic rings. The fourth-order valence-electron chi connectivity index (χ4n) is 9.95. The number of nitrogens with zero attached hydrogens (tertiary/aromatic N) is 6. The molecule has 0 spiro atoms. The molecule has 2 saturated heterocycles. The molecule has 338 valence electrons. The Bertz CT molecular complexity index is 2880. The number of carbonyl (C=O) groups is 4. The minimum atomic E-state index is -4.78. The summed E-state index contributed by atoms with van der Waals surface area (Å²) in [6.07, 6.45) is -2.50. The molecule has 2 aliphatic heterocycles. The SMILES string of the molecule is COc1cc(Br)cc([C@H]2C3=CC[C@@H]4C(=O)N(c5ccc(N=Nc6ccc(N(C)C)cc6)cc5)C(=O)[C@@H]4[C@@H]3C[C@H]3C(=O)N(Nc4ncc(C(F)(F)F)cc4Cl)C(=O)[C@@]23c2ccc(Cl)cc2)c1O. The molecule has 3 fully saturated rings. The summed E-state index contributed by atoms with van der Waals surface area (Å²) in [6, 6.07) is 24.0. The van der Waals surface area contributed by atoms with Crippen LogP contribution in [0.4, 0.5) is 41.7 Å². The number of imide groups is 2. The minimum absolute atomic E-state index is 0.0367. The number of phenolic OH excluding ortho intramolecular Hbond substituents is 1. The molecule has 3 heterocycles. The highest BCUT2D eigenvalue weighted by molar-refractivity contribution is 9.10. The van der Waals surface area contributed by atoms with Crippen LogP contribution in [0.1, 0.15) is 35.4 Å². The molecule has 66 heavy (non-hydrogen) atoms. The van der Waals surface area contributed by atoms with E-state index >= 15 is 9.59 Å². The molecule has 19 heteroatoms. The molecule has 9 rings (SSSR count). The maximum Gasteiger partial charge on any atom is 0.417 e. The topological polar surface area (TPSA) is 157 Å². The van der Waals surface area contributed by atoms with E-state index in [9.17, 15) is 27.9 Å². The Labute approximate surface area is 394 Å². The van der Waals surface area contributed by atoms with E-state index in [-0.39, 0.29) is 29.9 Å². The van der Waals surface area contributed by atoms with Gasteiger partial charge >= 0.3 is 6.18 Å². The van der Waals surface area contributed by atoms with E-state index in [0.717, 1.165) is 10.6 Å². The van der Waals surface area contributed by atoms with Gasteiger partial charge in [0.1, 0.15) is 0 Å². The van der Waals surface area contributed by atoms with Crippen molar-refractivity contribution in [3.8, 4) is 11.5 Å². The Kier molecular flexibility index (Phi) is 11.5. The summed E-state index contributed by atoms with van der Waals surface area (Å²) in [6.45, 7) is 0. The number of hydrogen-bond donors (Lipinski definition) is 2. The number of aromatic nitrogens is 1. The zero-order valence-electron chi connectivity index (χ0n) is 35.1. The van der Waals surface area contributed by atoms with Gasteiger partial charge in [0.2, 0.25) is 11.8 Å². The predicted molar refractivity (Wildman–Crippen MR) is 243 cm³/mol. The van der Waals surface area contributed by atoms with E-state index in [1.165, 1.54) is 13.2 Å². The number of nitrogens with one attached hydrogen (secondary N) is 1. The van der Waals surface area contributed by atoms with Crippen molar-refractivity contribution in [2.24, 2.45) is 33.9 Å². The molecule has 1 aromatic heterocycles. The smallest absolute Gasteiger partial charge is 0.417 e. The summed E-state index contributed by atoms with van der Waals surface area (Å²) in [5.41, 5.74) is 2.96. The Morgan fingerprint density at radius 2 is 1.55 bits per heavy atom. The largest absolute Gasteiger partial charge is 0.504 e. The summed E-state index contributed by atoms with van der Waals surface area (Å²) in [7, 11) is 5.22. The minimum Gasteiger partial charge on any atom is -0.504 e. The highest BCUT2D eigenvalue weighted by atomic mass is 79.9. The van der Waals surface area contributed by atoms with E-state index in [1.54, 1.807) is 54.6 Å². The monoisotopic (exact) mass is 1000 g/mol. The number of hydrazine groups is 1. The van der Waals surface area contributed by atoms with Gasteiger partial charge in [0.05, 0.1) is 57.9 Å². The zero-order chi connectivity index (χ0) is 47.0. The predicted octanol–water partition coefficient (Wildman–Crippen LogP) is 10.6. The molecule has 4 aliphatic rings. The van der Waals surface area contributed by atoms with Crippen LogP contribution in [0.25, 0.3) is 0 Å². The molecular weight excluding hydrogens is 966 g/mol. The number of azo groups is 1. The summed E-state index contributed by atoms with van der Waals surface area (Å²) < 4.78 is 46.8. The number of hydrogen-bond acceptors (Lipinski definition) is 11. The van der Waals surface area contributed by atoms with Crippen LogP contribution in [-0.2, 0) is 30.8 Å². The number of ether oxygens (including phenoxy) is 1. The summed E-state index contributed by atoms with van der Waals surface area (Å²) in [5.74, 6) is -8.53. The molecule has 2 N–H and O–H groups in total. The number of carbonyl (C=O) groups excluding carboxylic acids is 4. The maximum atomic E-state index is 15.5. The third-order valence-electron chi connectivity index (χ3n) is 12.9. The molecular formula is C47H37BrCl2F3N7O6. The molecule has 13 nitrogen and oxygen atoms in total. The van der Waals surface area contributed by atoms with Gasteiger partial charge in [0.25, 0.3) is 11.8 Å². The lowest BCUT2D eigenvalue weighted by molar-refractivity contribution is -0.139. The second-order valence-electron chi connectivity index (χ2n) is 16.6. The lowest BCUT2D eigenvalue weighted by Gasteiger charge is -2.50. The third-order valence-corrected chi connectivity index (χ3v) is 13.9. The van der Waals surface area contributed by atoms with E-state index < -0.39 is 81.2 Å². The molecule has 0 unspecified atom stereocenters. The second kappa shape index (κ2) is 16.8. The molecule has 1 saturated carbocycles. The van der Waals surface area contributed by atoms with Crippen LogP contribution >= 0.6 is 39.1 Å². The van der Waals surface area contributed by atoms with E-state index in [1.807, 2.05) is 49.3 Å². The molecule has 2 aliphatic carbocycles. The van der Waals surface area contributed by atoms with Crippen LogP contribution in [0, 0.1) is 23.7 Å². The number of amides is 4. The summed E-state index contributed by atoms with van der Waals surface area (Å²) in [4.78, 5) is 66.8. The highest BCUT2D eigenvalue weighted by Crippen LogP contribution is 2.65. The van der Waals surface area contributed by atoms with Crippen molar-refractivity contribution >= 4 is 91.3 Å². The van der Waals surface area contributed by atoms with Gasteiger partial charge in [0.15, 0.2) is 17.3 Å². The van der Waals surface area contributed by atoms with Gasteiger partial charge in [-0.25, -0.2) is 4.98 Å². The Morgan fingerprint density at radius 1 is 0.894 bits per heavy atom. The molecule has 0 bridgehead atoms. The van der Waals surface area contributed by atoms with Gasteiger partial charge in [-0.05, 0) is 103 Å². The van der Waals surface area contributed by atoms with Crippen molar-refractivity contribution in [1.82, 2.24) is 9.99 Å². The van der Waals surface area contributed by atoms with Crippen LogP contribution in [0.5, 0.6) is 11.5 Å². The number of methoxy groups -OCH3 is 1. The maximum absolute atomic E-state index is 15.5. The zero-order valence-corrected chi connectivity index (χ0v) is 38.2. The normalized spacial score (nSPS) is 23.8. The summed E-state index contributed by atoms with van der Waals surface area (Å²) in [5, 5.41) is 21.1. The first-order chi connectivity index (χ1) is 31.4. The lowest BCUT2D eigenvalue weighted by atomic mass is 9.49. The van der Waals surface area contributed by atoms with Crippen LogP contribution in [0.15, 0.2) is 124 Å². The molecule has 4 aromatic carbocycles. The Hall–Kier alpha value is -6.30. The first-order valence-corrected chi connectivity index (χ1v) is 22.1. The second-order valence-corrected chi connectivity index (χ2v) is 18.4. The third kappa shape index (κ3) is 7.37. The van der Waals surface area contributed by atoms with Crippen molar-refractivity contribution in [3.05, 3.63) is 140 Å². The molecule has 0 radical (unpaired) electrons. The summed E-state index contributed by atoms with van der Waals surface area (Å²) >= 11 is 16.2. The number of fused-ring (bicyclic) bond motifs is 4. The van der Waals surface area contributed by atoms with Gasteiger partial charge in [0, 0.05) is 47.0 Å². The van der Waals surface area contributed by atoms with Crippen molar-refractivity contribution in [3.63, 3.8) is 0 Å². The van der Waals surface area contributed by atoms with Crippen molar-refractivity contribution in [2.75, 3.05) is 36.4 Å². The van der Waals surface area contributed by atoms with Crippen LogP contribution in [0.2, 0.25) is 10.0 Å². The first kappa shape index (κ1) is 44.9. The van der Waals surface area contributed by atoms with Gasteiger partial charge in [-0.1, -0.05) is 62.9 Å². The van der Waals surface area contributed by atoms with Gasteiger partial charge in [-0.15, -0.1) is 0 Å². The molecule has 4 amide bonds. The number of phenols is 1. The lowest BCUT2D eigenvalue weighted by Crippen LogP contribution is -2.53. The standard InChI is InChI=1S/C47H37BrCl2F3N7O6/c1-58(2)29-12-8-27(9-13-29)55-56-28-10-14-30(15-11-28)59-42(62)32-17-16-31-33(38(32)44(59)64)21-35-43(63)60(57-41-36(50)18-24(22-54-41)47(51,52)53)45(65)46(35,23-4-6-26(49)7-5-23)39(31)34-19-25(48)20-37(66-3)40(34)61/h4-16,18-20,22,32-33,35,38-39,61H,17,21H2,1-3H3,(H,54,57)/t32-,33+,35-,38-,39+,46+/m0/s1. The number of rotatable bonds is 9. The Balaban J connectivity index is 1.13. The van der Waals surface area contributed by atoms with E-state index in [4.69, 9.17) is 27.9 Å². The van der Waals surface area contributed by atoms with Crippen LogP contribution in [-0.4, -0.2) is 59.9 Å².